The minimum absolute atomic E-state index is 0.0244. The Morgan fingerprint density at radius 1 is 1.00 bits per heavy atom. The van der Waals surface area contributed by atoms with Gasteiger partial charge >= 0.3 is 12.1 Å². The maximum absolute atomic E-state index is 15.5. The number of methoxy groups -OCH3 is 2. The molecule has 4 heterocycles. The van der Waals surface area contributed by atoms with Crippen LogP contribution in [-0.2, 0) is 17.7 Å². The largest absolute Gasteiger partial charge is 0.619 e. The number of piperidine rings is 3. The molecule has 0 unspecified atom stereocenters. The van der Waals surface area contributed by atoms with Gasteiger partial charge in [-0.2, -0.15) is 4.73 Å². The van der Waals surface area contributed by atoms with E-state index in [9.17, 15) is 19.9 Å². The monoisotopic (exact) mass is 741 g/mol. The first-order valence-electron chi connectivity index (χ1n) is 16.3. The summed E-state index contributed by atoms with van der Waals surface area (Å²) in [6, 6.07) is 12.8. The maximum Gasteiger partial charge on any atom is 0.415 e. The molecule has 4 aromatic rings. The average molecular weight is 743 g/mol. The summed E-state index contributed by atoms with van der Waals surface area (Å²) in [5.74, 6) is -3.29. The van der Waals surface area contributed by atoms with Gasteiger partial charge in [0.1, 0.15) is 33.5 Å². The van der Waals surface area contributed by atoms with Crippen molar-refractivity contribution in [2.24, 2.45) is 5.92 Å². The van der Waals surface area contributed by atoms with Crippen molar-refractivity contribution in [2.45, 2.75) is 37.8 Å². The molecule has 2 atom stereocenters. The molecule has 0 saturated carbocycles. The predicted molar refractivity (Wildman–Crippen MR) is 186 cm³/mol. The van der Waals surface area contributed by atoms with Crippen LogP contribution in [0, 0.1) is 22.8 Å². The second-order valence-electron chi connectivity index (χ2n) is 12.6. The zero-order valence-electron chi connectivity index (χ0n) is 27.8. The van der Waals surface area contributed by atoms with E-state index in [1.807, 2.05) is 0 Å². The molecule has 268 valence electrons. The molecule has 3 aliphatic heterocycles. The number of rotatable bonds is 11. The van der Waals surface area contributed by atoms with Gasteiger partial charge in [0, 0.05) is 18.0 Å². The highest BCUT2D eigenvalue weighted by molar-refractivity contribution is 6.35. The van der Waals surface area contributed by atoms with Crippen molar-refractivity contribution in [3.63, 3.8) is 0 Å². The standard InChI is InChI=1S/C37H35Cl2F2N3O7/c1-49-31-10-9-22(15-32(31)50-2)25(16-26-27(38)18-43(48)19-28(26)39)34-23(5-3-6-24(34)36(45)46)17-44(35-29(40)7-4-8-30(35)41)37(47)51-33-20-42-13-11-21(33)12-14-42/h3-10,15,18-19,21,25,33H,11-14,16-17,20H2,1-2H3,(H,45,46)/t25-,33-/m0/s1. The number of carboxylic acid groups (broad SMARTS) is 1. The number of ether oxygens (including phenoxy) is 3. The van der Waals surface area contributed by atoms with Crippen molar-refractivity contribution < 1.29 is 42.4 Å². The van der Waals surface area contributed by atoms with E-state index in [-0.39, 0.29) is 39.1 Å². The number of halogens is 4. The Morgan fingerprint density at radius 2 is 1.65 bits per heavy atom. The van der Waals surface area contributed by atoms with Crippen LogP contribution in [0.25, 0.3) is 0 Å². The van der Waals surface area contributed by atoms with E-state index in [0.717, 1.165) is 55.4 Å². The number of pyridine rings is 1. The zero-order valence-corrected chi connectivity index (χ0v) is 29.3. The first-order chi connectivity index (χ1) is 24.5. The SMILES string of the molecule is COc1ccc([C@H](Cc2c(Cl)c[n+]([O-])cc2Cl)c2c(CN(C(=O)O[C@H]3CN4CCC3CC4)c3c(F)cccc3F)cccc2C(=O)O)cc1OC. The van der Waals surface area contributed by atoms with E-state index in [2.05, 4.69) is 4.90 Å². The second kappa shape index (κ2) is 15.3. The molecule has 1 amide bonds. The number of hydrogen-bond acceptors (Lipinski definition) is 7. The second-order valence-corrected chi connectivity index (χ2v) is 13.4. The van der Waals surface area contributed by atoms with Crippen LogP contribution in [0.3, 0.4) is 0 Å². The molecule has 0 radical (unpaired) electrons. The zero-order chi connectivity index (χ0) is 36.4. The van der Waals surface area contributed by atoms with Gasteiger partial charge in [0.05, 0.1) is 26.3 Å². The van der Waals surface area contributed by atoms with E-state index >= 15 is 8.78 Å². The Hall–Kier alpha value is -4.65. The highest BCUT2D eigenvalue weighted by Crippen LogP contribution is 2.41. The lowest BCUT2D eigenvalue weighted by Crippen LogP contribution is -2.53. The minimum Gasteiger partial charge on any atom is -0.619 e. The van der Waals surface area contributed by atoms with Crippen LogP contribution >= 0.6 is 23.2 Å². The van der Waals surface area contributed by atoms with Gasteiger partial charge in [-0.1, -0.05) is 47.5 Å². The summed E-state index contributed by atoms with van der Waals surface area (Å²) < 4.78 is 48.5. The quantitative estimate of drug-likeness (QED) is 0.127. The Morgan fingerprint density at radius 3 is 2.24 bits per heavy atom. The Balaban J connectivity index is 1.51. The number of anilines is 1. The molecule has 1 aromatic heterocycles. The third kappa shape index (κ3) is 7.53. The third-order valence-corrected chi connectivity index (χ3v) is 10.3. The van der Waals surface area contributed by atoms with Crippen LogP contribution < -0.4 is 19.1 Å². The Kier molecular flexibility index (Phi) is 10.8. The Bertz CT molecular complexity index is 1910. The summed E-state index contributed by atoms with van der Waals surface area (Å²) in [6.07, 6.45) is 2.45. The van der Waals surface area contributed by atoms with Crippen molar-refractivity contribution in [1.82, 2.24) is 4.90 Å². The highest BCUT2D eigenvalue weighted by atomic mass is 35.5. The van der Waals surface area contributed by atoms with Crippen molar-refractivity contribution >= 4 is 41.0 Å². The number of nitrogens with zero attached hydrogens (tertiary/aromatic N) is 3. The van der Waals surface area contributed by atoms with Crippen LogP contribution in [0.15, 0.2) is 67.0 Å². The molecule has 14 heteroatoms. The number of hydrogen-bond donors (Lipinski definition) is 1. The summed E-state index contributed by atoms with van der Waals surface area (Å²) in [7, 11) is 2.92. The summed E-state index contributed by atoms with van der Waals surface area (Å²) in [4.78, 5) is 30.1. The van der Waals surface area contributed by atoms with Crippen molar-refractivity contribution in [2.75, 3.05) is 38.8 Å². The van der Waals surface area contributed by atoms with Crippen LogP contribution in [0.1, 0.15) is 51.4 Å². The molecular weight excluding hydrogens is 707 g/mol. The molecule has 3 aromatic carbocycles. The molecule has 3 saturated heterocycles. The van der Waals surface area contributed by atoms with E-state index < -0.39 is 48.0 Å². The van der Waals surface area contributed by atoms with Gasteiger partial charge in [-0.15, -0.1) is 0 Å². The van der Waals surface area contributed by atoms with Gasteiger partial charge in [-0.05, 0) is 85.3 Å². The molecule has 2 bridgehead atoms. The summed E-state index contributed by atoms with van der Waals surface area (Å²) >= 11 is 13.1. The highest BCUT2D eigenvalue weighted by Gasteiger charge is 2.39. The topological polar surface area (TPSA) is 115 Å². The van der Waals surface area contributed by atoms with Gasteiger partial charge < -0.3 is 24.5 Å². The number of carbonyl (C=O) groups excluding carboxylic acids is 1. The van der Waals surface area contributed by atoms with Crippen LogP contribution in [0.2, 0.25) is 10.0 Å². The first-order valence-corrected chi connectivity index (χ1v) is 17.0. The average Bonchev–Trinajstić information content (AvgIpc) is 3.11. The number of aromatic nitrogens is 1. The van der Waals surface area contributed by atoms with Gasteiger partial charge in [0.25, 0.3) is 0 Å². The number of amides is 1. The summed E-state index contributed by atoms with van der Waals surface area (Å²) in [5.41, 5.74) is 0.564. The van der Waals surface area contributed by atoms with E-state index in [4.69, 9.17) is 37.4 Å². The molecule has 51 heavy (non-hydrogen) atoms. The molecule has 3 fully saturated rings. The molecule has 1 N–H and O–H groups in total. The van der Waals surface area contributed by atoms with E-state index in [1.54, 1.807) is 24.3 Å². The van der Waals surface area contributed by atoms with E-state index in [1.165, 1.54) is 32.4 Å². The molecule has 0 spiro atoms. The van der Waals surface area contributed by atoms with Crippen LogP contribution in [0.5, 0.6) is 11.5 Å². The summed E-state index contributed by atoms with van der Waals surface area (Å²) in [5, 5.41) is 22.7. The lowest BCUT2D eigenvalue weighted by molar-refractivity contribution is -0.605. The molecule has 7 rings (SSSR count). The predicted octanol–water partition coefficient (Wildman–Crippen LogP) is 7.23. The van der Waals surface area contributed by atoms with Crippen molar-refractivity contribution in [3.8, 4) is 11.5 Å². The van der Waals surface area contributed by atoms with Crippen LogP contribution in [0.4, 0.5) is 19.3 Å². The minimum atomic E-state index is -1.29. The normalized spacial score (nSPS) is 18.6. The fourth-order valence-corrected chi connectivity index (χ4v) is 7.72. The number of carbonyl (C=O) groups is 2. The number of carboxylic acids is 1. The number of fused-ring (bicyclic) bond motifs is 3. The number of para-hydroxylation sites is 1. The number of benzene rings is 3. The third-order valence-electron chi connectivity index (χ3n) is 9.66. The van der Waals surface area contributed by atoms with E-state index in [0.29, 0.717) is 33.9 Å². The van der Waals surface area contributed by atoms with Gasteiger partial charge in [-0.25, -0.2) is 18.4 Å². The van der Waals surface area contributed by atoms with Gasteiger partial charge in [0.15, 0.2) is 23.9 Å². The van der Waals surface area contributed by atoms with Crippen molar-refractivity contribution in [3.05, 3.63) is 122 Å². The fraction of sp³-hybridized carbons (Fsp3) is 0.324. The van der Waals surface area contributed by atoms with Crippen molar-refractivity contribution in [1.29, 1.82) is 0 Å². The number of aromatic carboxylic acids is 1. The van der Waals surface area contributed by atoms with Gasteiger partial charge in [-0.3, -0.25) is 9.80 Å². The lowest BCUT2D eigenvalue weighted by atomic mass is 9.80. The Labute approximate surface area is 303 Å². The van der Waals surface area contributed by atoms with Crippen LogP contribution in [-0.4, -0.2) is 62.0 Å². The lowest BCUT2D eigenvalue weighted by Gasteiger charge is -2.44. The molecule has 10 nitrogen and oxygen atoms in total. The molecular formula is C37H35Cl2F2N3O7. The summed E-state index contributed by atoms with van der Waals surface area (Å²) in [6.45, 7) is 1.82. The smallest absolute Gasteiger partial charge is 0.415 e. The maximum atomic E-state index is 15.5. The molecule has 3 aliphatic rings. The fourth-order valence-electron chi connectivity index (χ4n) is 7.12. The van der Waals surface area contributed by atoms with Gasteiger partial charge in [0.2, 0.25) is 0 Å². The first kappa shape index (κ1) is 36.2. The molecule has 0 aliphatic carbocycles.